The lowest BCUT2D eigenvalue weighted by molar-refractivity contribution is -0.249. The van der Waals surface area contributed by atoms with Crippen molar-refractivity contribution in [2.45, 2.75) is 134 Å². The number of ketones is 4. The van der Waals surface area contributed by atoms with Gasteiger partial charge in [0, 0.05) is 54.1 Å². The molecule has 5 aliphatic rings. The fourth-order valence-corrected chi connectivity index (χ4v) is 11.1. The smallest absolute Gasteiger partial charge is 0.407 e. The first kappa shape index (κ1) is 49.3. The number of aryl methyl sites for hydroxylation is 1. The number of aliphatic hydroxyl groups excluding tert-OH is 2. The first-order valence-corrected chi connectivity index (χ1v) is 23.7. The number of primary amides is 1. The molecule has 4 aliphatic carbocycles. The number of fused-ring (bicyclic) bond motifs is 4. The van der Waals surface area contributed by atoms with Gasteiger partial charge in [0.1, 0.15) is 41.7 Å². The van der Waals surface area contributed by atoms with Crippen LogP contribution in [0.3, 0.4) is 0 Å². The fraction of sp³-hybridized carbons (Fsp3) is 0.471. The number of aromatic hydroxyl groups is 2. The number of ether oxygens (including phenoxy) is 4. The summed E-state index contributed by atoms with van der Waals surface area (Å²) in [5.74, 6) is -4.75. The second-order valence-corrected chi connectivity index (χ2v) is 20.1. The highest BCUT2D eigenvalue weighted by molar-refractivity contribution is 6.31. The summed E-state index contributed by atoms with van der Waals surface area (Å²) in [5.41, 5.74) is 4.89. The monoisotopic (exact) mass is 979 g/mol. The SMILES string of the molecule is COc1cccc2c1C(=O)c1c(O)c3c(c(O)c1C2=O)C[C@](O)(C(=O)CO)C[C@H]3O[C@@H]1C[C@@H](NC(=O)OC2CCC(Nc3cc(-n4nc(C)c5c4CC(C)(C)CC5=O)ccc3C(N)=O)CC2)[C@@H](O)[C@@H](C)O1. The number of carbonyl (C=O) groups excluding carboxylic acids is 6. The average molecular weight is 980 g/mol. The lowest BCUT2D eigenvalue weighted by Gasteiger charge is -2.42. The zero-order valence-electron chi connectivity index (χ0n) is 39.9. The summed E-state index contributed by atoms with van der Waals surface area (Å²) in [6, 6.07) is 8.32. The number of amides is 2. The number of phenols is 2. The van der Waals surface area contributed by atoms with Crippen LogP contribution in [0, 0.1) is 12.3 Å². The number of phenolic OH excluding ortho intramolecular Hbond substituents is 2. The molecule has 20 heteroatoms. The molecule has 1 saturated carbocycles. The number of anilines is 1. The Hall–Kier alpha value is -6.71. The highest BCUT2D eigenvalue weighted by Crippen LogP contribution is 2.53. The van der Waals surface area contributed by atoms with Crippen molar-refractivity contribution < 1.29 is 73.2 Å². The van der Waals surface area contributed by atoms with Gasteiger partial charge in [0.2, 0.25) is 5.78 Å². The van der Waals surface area contributed by atoms with Crippen molar-refractivity contribution in [2.24, 2.45) is 11.1 Å². The molecule has 20 nitrogen and oxygen atoms in total. The summed E-state index contributed by atoms with van der Waals surface area (Å²) >= 11 is 0. The summed E-state index contributed by atoms with van der Waals surface area (Å²) in [5, 5.41) is 67.2. The Labute approximate surface area is 407 Å². The van der Waals surface area contributed by atoms with Crippen molar-refractivity contribution in [1.29, 1.82) is 0 Å². The number of nitrogens with one attached hydrogen (secondary N) is 2. The Morgan fingerprint density at radius 3 is 2.37 bits per heavy atom. The number of aliphatic hydroxyl groups is 3. The molecule has 2 fully saturated rings. The van der Waals surface area contributed by atoms with E-state index in [-0.39, 0.29) is 57.2 Å². The van der Waals surface area contributed by atoms with E-state index in [1.54, 1.807) is 22.9 Å². The number of alkyl carbamates (subject to hydrolysis) is 1. The van der Waals surface area contributed by atoms with E-state index < -0.39 is 114 Å². The maximum atomic E-state index is 14.1. The predicted molar refractivity (Wildman–Crippen MR) is 250 cm³/mol. The molecular weight excluding hydrogens is 923 g/mol. The van der Waals surface area contributed by atoms with Crippen molar-refractivity contribution in [1.82, 2.24) is 15.1 Å². The molecule has 0 spiro atoms. The maximum absolute atomic E-state index is 14.1. The van der Waals surface area contributed by atoms with Gasteiger partial charge in [-0.05, 0) is 75.6 Å². The quantitative estimate of drug-likeness (QED) is 0.0869. The molecule has 3 aromatic carbocycles. The Morgan fingerprint density at radius 2 is 1.68 bits per heavy atom. The predicted octanol–water partition coefficient (Wildman–Crippen LogP) is 3.94. The van der Waals surface area contributed by atoms with Crippen LogP contribution in [0.1, 0.15) is 147 Å². The first-order chi connectivity index (χ1) is 33.6. The third kappa shape index (κ3) is 8.81. The second kappa shape index (κ2) is 18.5. The number of rotatable bonds is 11. The standard InChI is InChI=1S/C51H57N5O15/c1-22-38-32(18-50(3,4)19-33(38)58)56(55-22)25-11-14-27(48(52)65)30(15-25)53-24-9-12-26(13-10-24)70-49(66)54-31-16-37(69-23(2)43(31)60)71-35-20-51(67,36(59)21-57)17-29-40(35)47(64)42-41(45(29)62)44(61)28-7-6-8-34(68-5)39(28)46(42)63/h6-8,11,14-15,23-24,26,31,35,37,43,53,57,60,62,64,67H,9-10,12-13,16-21H2,1-5H3,(H2,52,65)(H,54,66)/t23-,24?,26?,31-,35-,37-,43+,51-/m1/s1. The number of nitrogens with two attached hydrogens (primary N) is 1. The summed E-state index contributed by atoms with van der Waals surface area (Å²) in [4.78, 5) is 80.2. The molecule has 1 saturated heterocycles. The Kier molecular flexibility index (Phi) is 12.8. The van der Waals surface area contributed by atoms with Crippen molar-refractivity contribution >= 4 is 40.8 Å². The van der Waals surface area contributed by atoms with Gasteiger partial charge in [0.25, 0.3) is 5.91 Å². The third-order valence-corrected chi connectivity index (χ3v) is 14.6. The van der Waals surface area contributed by atoms with E-state index in [4.69, 9.17) is 29.8 Å². The van der Waals surface area contributed by atoms with E-state index in [9.17, 15) is 54.3 Å². The molecule has 2 heterocycles. The van der Waals surface area contributed by atoms with Crippen LogP contribution in [-0.4, -0.2) is 126 Å². The average Bonchev–Trinajstić information content (AvgIpc) is 3.65. The molecule has 1 aliphatic heterocycles. The van der Waals surface area contributed by atoms with Crippen molar-refractivity contribution in [2.75, 3.05) is 19.0 Å². The van der Waals surface area contributed by atoms with E-state index in [0.717, 1.165) is 5.69 Å². The van der Waals surface area contributed by atoms with E-state index in [2.05, 4.69) is 10.6 Å². The van der Waals surface area contributed by atoms with E-state index in [1.165, 1.54) is 32.2 Å². The molecule has 0 radical (unpaired) electrons. The van der Waals surface area contributed by atoms with Crippen LogP contribution in [0.5, 0.6) is 17.2 Å². The lowest BCUT2D eigenvalue weighted by atomic mass is 9.72. The Balaban J connectivity index is 0.880. The zero-order valence-corrected chi connectivity index (χ0v) is 39.9. The Morgan fingerprint density at radius 1 is 0.958 bits per heavy atom. The van der Waals surface area contributed by atoms with Gasteiger partial charge in [-0.1, -0.05) is 26.0 Å². The highest BCUT2D eigenvalue weighted by Gasteiger charge is 2.51. The summed E-state index contributed by atoms with van der Waals surface area (Å²) in [6.45, 7) is 6.32. The molecule has 9 N–H and O–H groups in total. The first-order valence-electron chi connectivity index (χ1n) is 23.7. The number of hydrogen-bond donors (Lipinski definition) is 8. The normalized spacial score (nSPS) is 26.6. The van der Waals surface area contributed by atoms with E-state index in [0.29, 0.717) is 61.2 Å². The lowest BCUT2D eigenvalue weighted by Crippen LogP contribution is -2.56. The van der Waals surface area contributed by atoms with Crippen molar-refractivity contribution in [3.05, 3.63) is 92.3 Å². The van der Waals surface area contributed by atoms with Crippen molar-refractivity contribution in [3.8, 4) is 22.9 Å². The molecule has 71 heavy (non-hydrogen) atoms. The number of Topliss-reactive ketones (excluding diaryl/α,β-unsaturated/α-hetero) is 2. The minimum atomic E-state index is -2.38. The third-order valence-electron chi connectivity index (χ3n) is 14.6. The van der Waals surface area contributed by atoms with Crippen LogP contribution in [0.15, 0.2) is 36.4 Å². The van der Waals surface area contributed by atoms with Crippen LogP contribution >= 0.6 is 0 Å². The number of aromatic nitrogens is 2. The number of methoxy groups -OCH3 is 1. The van der Waals surface area contributed by atoms with Gasteiger partial charge in [-0.15, -0.1) is 0 Å². The summed E-state index contributed by atoms with van der Waals surface area (Å²) in [7, 11) is 1.30. The van der Waals surface area contributed by atoms with Crippen LogP contribution in [0.25, 0.3) is 5.69 Å². The van der Waals surface area contributed by atoms with Crippen LogP contribution in [-0.2, 0) is 31.8 Å². The van der Waals surface area contributed by atoms with Crippen molar-refractivity contribution in [3.63, 3.8) is 0 Å². The summed E-state index contributed by atoms with van der Waals surface area (Å²) in [6.07, 6.45) is -4.82. The maximum Gasteiger partial charge on any atom is 0.407 e. The molecule has 2 amide bonds. The molecule has 1 aromatic heterocycles. The number of benzene rings is 3. The van der Waals surface area contributed by atoms with E-state index >= 15 is 0 Å². The fourth-order valence-electron chi connectivity index (χ4n) is 11.1. The molecular formula is C51H57N5O15. The topological polar surface area (TPSA) is 308 Å². The second-order valence-electron chi connectivity index (χ2n) is 20.1. The molecule has 9 rings (SSSR count). The largest absolute Gasteiger partial charge is 0.507 e. The molecule has 0 bridgehead atoms. The minimum absolute atomic E-state index is 0.0468. The molecule has 376 valence electrons. The van der Waals surface area contributed by atoms with Gasteiger partial charge in [0.05, 0.1) is 70.3 Å². The molecule has 0 unspecified atom stereocenters. The van der Waals surface area contributed by atoms with E-state index in [1.807, 2.05) is 20.8 Å². The van der Waals surface area contributed by atoms with Gasteiger partial charge in [0.15, 0.2) is 23.6 Å². The van der Waals surface area contributed by atoms with Gasteiger partial charge < -0.3 is 60.8 Å². The van der Waals surface area contributed by atoms with Crippen LogP contribution < -0.4 is 21.1 Å². The molecule has 6 atom stereocenters. The number of carbonyl (C=O) groups is 6. The van der Waals surface area contributed by atoms with Gasteiger partial charge in [-0.3, -0.25) is 24.0 Å². The number of nitrogens with zero attached hydrogens (tertiary/aromatic N) is 2. The van der Waals surface area contributed by atoms with Gasteiger partial charge in [-0.2, -0.15) is 5.10 Å². The number of hydrogen-bond acceptors (Lipinski definition) is 17. The van der Waals surface area contributed by atoms with Crippen LogP contribution in [0.2, 0.25) is 0 Å². The van der Waals surface area contributed by atoms with Gasteiger partial charge >= 0.3 is 6.09 Å². The summed E-state index contributed by atoms with van der Waals surface area (Å²) < 4.78 is 25.2. The zero-order chi connectivity index (χ0) is 51.0. The van der Waals surface area contributed by atoms with Gasteiger partial charge in [-0.25, -0.2) is 9.48 Å². The van der Waals surface area contributed by atoms with Crippen LogP contribution in [0.4, 0.5) is 10.5 Å². The minimum Gasteiger partial charge on any atom is -0.507 e. The highest BCUT2D eigenvalue weighted by atomic mass is 16.7. The Bertz CT molecular complexity index is 2900. The molecule has 4 aromatic rings.